The summed E-state index contributed by atoms with van der Waals surface area (Å²) in [7, 11) is 0. The monoisotopic (exact) mass is 207 g/mol. The molecule has 1 unspecified atom stereocenters. The molecule has 0 fully saturated rings. The Balaban J connectivity index is 2.27. The molecule has 3 nitrogen and oxygen atoms in total. The number of rotatable bonds is 3. The van der Waals surface area contributed by atoms with Crippen LogP contribution in [0.25, 0.3) is 10.3 Å². The fraction of sp³-hybridized carbons (Fsp3) is 0.400. The van der Waals surface area contributed by atoms with Gasteiger partial charge in [-0.1, -0.05) is 18.3 Å². The molecule has 1 N–H and O–H groups in total. The van der Waals surface area contributed by atoms with Crippen LogP contribution in [0.15, 0.2) is 18.3 Å². The Morgan fingerprint density at radius 1 is 1.57 bits per heavy atom. The van der Waals surface area contributed by atoms with E-state index in [9.17, 15) is 0 Å². The minimum Gasteiger partial charge on any atom is -0.359 e. The number of nitrogens with one attached hydrogen (secondary N) is 1. The Kier molecular flexibility index (Phi) is 2.63. The summed E-state index contributed by atoms with van der Waals surface area (Å²) in [5.41, 5.74) is 0.975. The molecule has 0 amide bonds. The van der Waals surface area contributed by atoms with Crippen LogP contribution in [0.1, 0.15) is 20.3 Å². The molecule has 0 spiro atoms. The van der Waals surface area contributed by atoms with E-state index in [1.807, 2.05) is 12.1 Å². The molecule has 0 saturated heterocycles. The molecule has 1 atom stereocenters. The van der Waals surface area contributed by atoms with Gasteiger partial charge in [-0.05, 0) is 25.5 Å². The van der Waals surface area contributed by atoms with Crippen molar-refractivity contribution in [2.45, 2.75) is 26.3 Å². The third-order valence-corrected chi connectivity index (χ3v) is 3.06. The van der Waals surface area contributed by atoms with Gasteiger partial charge in [-0.3, -0.25) is 0 Å². The third-order valence-electron chi connectivity index (χ3n) is 2.15. The van der Waals surface area contributed by atoms with Crippen molar-refractivity contribution in [3.63, 3.8) is 0 Å². The van der Waals surface area contributed by atoms with Gasteiger partial charge >= 0.3 is 0 Å². The normalized spacial score (nSPS) is 13.0. The van der Waals surface area contributed by atoms with Gasteiger partial charge in [-0.2, -0.15) is 0 Å². The molecule has 2 aromatic rings. The predicted octanol–water partition coefficient (Wildman–Crippen LogP) is 2.90. The lowest BCUT2D eigenvalue weighted by atomic mass is 10.3. The Morgan fingerprint density at radius 3 is 3.14 bits per heavy atom. The third kappa shape index (κ3) is 1.85. The summed E-state index contributed by atoms with van der Waals surface area (Å²) >= 11 is 1.61. The van der Waals surface area contributed by atoms with E-state index in [0.29, 0.717) is 6.04 Å². The molecular formula is C10H13N3S. The fourth-order valence-electron chi connectivity index (χ4n) is 1.14. The highest BCUT2D eigenvalue weighted by atomic mass is 32.1. The van der Waals surface area contributed by atoms with Crippen molar-refractivity contribution in [2.24, 2.45) is 0 Å². The van der Waals surface area contributed by atoms with E-state index in [2.05, 4.69) is 29.1 Å². The van der Waals surface area contributed by atoms with Gasteiger partial charge in [0.05, 0.1) is 0 Å². The number of fused-ring (bicyclic) bond motifs is 1. The topological polar surface area (TPSA) is 37.8 Å². The van der Waals surface area contributed by atoms with E-state index in [1.54, 1.807) is 17.5 Å². The van der Waals surface area contributed by atoms with Crippen molar-refractivity contribution < 1.29 is 0 Å². The van der Waals surface area contributed by atoms with Crippen molar-refractivity contribution in [3.8, 4) is 0 Å². The number of hydrogen-bond acceptors (Lipinski definition) is 4. The first-order valence-electron chi connectivity index (χ1n) is 4.77. The standard InChI is InChI=1S/C10H13N3S/c1-3-7(2)12-10-13-8-5-4-6-11-9(8)14-10/h4-7H,3H2,1-2H3,(H,12,13). The number of aromatic nitrogens is 2. The molecule has 0 aromatic carbocycles. The summed E-state index contributed by atoms with van der Waals surface area (Å²) in [6, 6.07) is 4.37. The molecule has 14 heavy (non-hydrogen) atoms. The average Bonchev–Trinajstić information content (AvgIpc) is 2.59. The van der Waals surface area contributed by atoms with E-state index < -0.39 is 0 Å². The van der Waals surface area contributed by atoms with Gasteiger partial charge in [0, 0.05) is 12.2 Å². The molecule has 2 rings (SSSR count). The second-order valence-electron chi connectivity index (χ2n) is 3.30. The molecule has 74 valence electrons. The number of anilines is 1. The second-order valence-corrected chi connectivity index (χ2v) is 4.28. The van der Waals surface area contributed by atoms with Crippen molar-refractivity contribution in [3.05, 3.63) is 18.3 Å². The van der Waals surface area contributed by atoms with Gasteiger partial charge in [0.25, 0.3) is 0 Å². The quantitative estimate of drug-likeness (QED) is 0.841. The first-order chi connectivity index (χ1) is 6.79. The zero-order valence-electron chi connectivity index (χ0n) is 8.32. The summed E-state index contributed by atoms with van der Waals surface area (Å²) in [5, 5.41) is 4.31. The molecule has 4 heteroatoms. The largest absolute Gasteiger partial charge is 0.359 e. The number of nitrogens with zero attached hydrogens (tertiary/aromatic N) is 2. The molecule has 2 heterocycles. The summed E-state index contributed by atoms with van der Waals surface area (Å²) in [6.07, 6.45) is 2.90. The van der Waals surface area contributed by atoms with Crippen LogP contribution in [-0.2, 0) is 0 Å². The Hall–Kier alpha value is -1.16. The van der Waals surface area contributed by atoms with E-state index in [4.69, 9.17) is 0 Å². The highest BCUT2D eigenvalue weighted by molar-refractivity contribution is 7.21. The SMILES string of the molecule is CCC(C)Nc1nc2cccnc2s1. The molecule has 0 radical (unpaired) electrons. The Morgan fingerprint density at radius 2 is 2.43 bits per heavy atom. The highest BCUT2D eigenvalue weighted by Gasteiger charge is 2.05. The average molecular weight is 207 g/mol. The van der Waals surface area contributed by atoms with Crippen LogP contribution in [0.5, 0.6) is 0 Å². The van der Waals surface area contributed by atoms with Crippen molar-refractivity contribution in [2.75, 3.05) is 5.32 Å². The lowest BCUT2D eigenvalue weighted by Gasteiger charge is -2.08. The summed E-state index contributed by atoms with van der Waals surface area (Å²) < 4.78 is 0. The summed E-state index contributed by atoms with van der Waals surface area (Å²) in [5.74, 6) is 0. The van der Waals surface area contributed by atoms with Crippen LogP contribution in [0.4, 0.5) is 5.13 Å². The van der Waals surface area contributed by atoms with E-state index in [-0.39, 0.29) is 0 Å². The van der Waals surface area contributed by atoms with Crippen LogP contribution in [0, 0.1) is 0 Å². The van der Waals surface area contributed by atoms with Crippen LogP contribution in [0.2, 0.25) is 0 Å². The Bertz CT molecular complexity index is 391. The highest BCUT2D eigenvalue weighted by Crippen LogP contribution is 2.24. The van der Waals surface area contributed by atoms with E-state index in [0.717, 1.165) is 21.9 Å². The second kappa shape index (κ2) is 3.92. The molecule has 0 aliphatic carbocycles. The molecular weight excluding hydrogens is 194 g/mol. The minimum absolute atomic E-state index is 0.468. The zero-order valence-corrected chi connectivity index (χ0v) is 9.14. The lowest BCUT2D eigenvalue weighted by Crippen LogP contribution is -2.12. The predicted molar refractivity (Wildman–Crippen MR) is 60.8 cm³/mol. The number of hydrogen-bond donors (Lipinski definition) is 1. The smallest absolute Gasteiger partial charge is 0.185 e. The van der Waals surface area contributed by atoms with Gasteiger partial charge in [0.15, 0.2) is 5.13 Å². The van der Waals surface area contributed by atoms with Crippen molar-refractivity contribution >= 4 is 26.8 Å². The molecule has 0 bridgehead atoms. The number of pyridine rings is 1. The van der Waals surface area contributed by atoms with Gasteiger partial charge < -0.3 is 5.32 Å². The van der Waals surface area contributed by atoms with Gasteiger partial charge in [-0.25, -0.2) is 9.97 Å². The molecule has 0 aliphatic rings. The van der Waals surface area contributed by atoms with Crippen LogP contribution >= 0.6 is 11.3 Å². The van der Waals surface area contributed by atoms with Gasteiger partial charge in [0.1, 0.15) is 10.3 Å². The van der Waals surface area contributed by atoms with Crippen LogP contribution < -0.4 is 5.32 Å². The van der Waals surface area contributed by atoms with Gasteiger partial charge in [-0.15, -0.1) is 0 Å². The van der Waals surface area contributed by atoms with Gasteiger partial charge in [0.2, 0.25) is 0 Å². The van der Waals surface area contributed by atoms with Crippen LogP contribution in [-0.4, -0.2) is 16.0 Å². The Labute approximate surface area is 87.2 Å². The van der Waals surface area contributed by atoms with E-state index in [1.165, 1.54) is 0 Å². The lowest BCUT2D eigenvalue weighted by molar-refractivity contribution is 0.763. The summed E-state index contributed by atoms with van der Waals surface area (Å²) in [6.45, 7) is 4.31. The van der Waals surface area contributed by atoms with Crippen molar-refractivity contribution in [1.82, 2.24) is 9.97 Å². The first-order valence-corrected chi connectivity index (χ1v) is 5.59. The number of thiazole rings is 1. The van der Waals surface area contributed by atoms with Crippen molar-refractivity contribution in [1.29, 1.82) is 0 Å². The zero-order chi connectivity index (χ0) is 9.97. The maximum Gasteiger partial charge on any atom is 0.185 e. The summed E-state index contributed by atoms with van der Waals surface area (Å²) in [4.78, 5) is 9.69. The van der Waals surface area contributed by atoms with E-state index >= 15 is 0 Å². The molecule has 0 saturated carbocycles. The molecule has 2 aromatic heterocycles. The minimum atomic E-state index is 0.468. The fourth-order valence-corrected chi connectivity index (χ4v) is 2.06. The van der Waals surface area contributed by atoms with Crippen LogP contribution in [0.3, 0.4) is 0 Å². The first kappa shape index (κ1) is 9.40. The maximum atomic E-state index is 4.45. The maximum absolute atomic E-state index is 4.45. The molecule has 0 aliphatic heterocycles.